The minimum absolute atomic E-state index is 0.0904. The third-order valence-electron chi connectivity index (χ3n) is 3.34. The molecule has 0 aliphatic carbocycles. The third-order valence-corrected chi connectivity index (χ3v) is 3.34. The first kappa shape index (κ1) is 15.1. The van der Waals surface area contributed by atoms with Crippen LogP contribution in [0.5, 0.6) is 5.75 Å². The van der Waals surface area contributed by atoms with Crippen LogP contribution in [0.25, 0.3) is 0 Å². The van der Waals surface area contributed by atoms with Gasteiger partial charge in [0, 0.05) is 11.1 Å². The fourth-order valence-electron chi connectivity index (χ4n) is 2.10. The van der Waals surface area contributed by atoms with Crippen LogP contribution in [0.1, 0.15) is 22.8 Å². The third kappa shape index (κ3) is 4.33. The highest BCUT2D eigenvalue weighted by Gasteiger charge is 2.10. The van der Waals surface area contributed by atoms with E-state index in [-0.39, 0.29) is 5.56 Å². The predicted molar refractivity (Wildman–Crippen MR) is 77.9 cm³/mol. The van der Waals surface area contributed by atoms with Gasteiger partial charge in [-0.1, -0.05) is 42.5 Å². The first-order valence-electron chi connectivity index (χ1n) is 7.01. The number of para-hydroxylation sites is 1. The van der Waals surface area contributed by atoms with Crippen molar-refractivity contribution in [2.75, 3.05) is 13.3 Å². The van der Waals surface area contributed by atoms with Crippen LogP contribution in [0.2, 0.25) is 0 Å². The number of hydrogen-bond donors (Lipinski definition) is 1. The maximum atomic E-state index is 11.0. The Labute approximate surface area is 124 Å². The van der Waals surface area contributed by atoms with Gasteiger partial charge in [-0.3, -0.25) is 4.90 Å². The Morgan fingerprint density at radius 2 is 1.76 bits per heavy atom. The maximum absolute atomic E-state index is 11.0. The van der Waals surface area contributed by atoms with E-state index in [1.807, 2.05) is 18.2 Å². The van der Waals surface area contributed by atoms with Crippen molar-refractivity contribution in [1.29, 1.82) is 0 Å². The van der Waals surface area contributed by atoms with Crippen LogP contribution in [0.4, 0.5) is 0 Å². The molecule has 2 rings (SSSR count). The maximum Gasteiger partial charge on any atom is 0.222 e. The molecule has 2 aromatic rings. The molecule has 2 aromatic carbocycles. The second-order valence-electron chi connectivity index (χ2n) is 4.84. The highest BCUT2D eigenvalue weighted by Crippen LogP contribution is 2.16. The van der Waals surface area contributed by atoms with E-state index >= 15 is 0 Å². The van der Waals surface area contributed by atoms with Crippen LogP contribution in [-0.4, -0.2) is 19.2 Å². The van der Waals surface area contributed by atoms with Gasteiger partial charge in [0.2, 0.25) is 6.73 Å². The van der Waals surface area contributed by atoms with Crippen molar-refractivity contribution in [3.05, 3.63) is 65.7 Å². The summed E-state index contributed by atoms with van der Waals surface area (Å²) in [5, 5.41) is 11.0. The lowest BCUT2D eigenvalue weighted by molar-refractivity contribution is -0.927. The molecule has 0 radical (unpaired) electrons. The molecule has 0 amide bonds. The van der Waals surface area contributed by atoms with Gasteiger partial charge in [-0.2, -0.15) is 0 Å². The largest absolute Gasteiger partial charge is 0.545 e. The Kier molecular flexibility index (Phi) is 5.35. The van der Waals surface area contributed by atoms with Crippen molar-refractivity contribution < 1.29 is 19.5 Å². The molecule has 1 N–H and O–H groups in total. The number of rotatable bonds is 7. The molecule has 1 atom stereocenters. The smallest absolute Gasteiger partial charge is 0.222 e. The van der Waals surface area contributed by atoms with Gasteiger partial charge < -0.3 is 14.6 Å². The van der Waals surface area contributed by atoms with Gasteiger partial charge in [-0.15, -0.1) is 0 Å². The number of quaternary nitrogens is 1. The number of carbonyl (C=O) groups excluding carboxylic acids is 1. The summed E-state index contributed by atoms with van der Waals surface area (Å²) in [6.45, 7) is 4.22. The lowest BCUT2D eigenvalue weighted by Crippen LogP contribution is -3.11. The van der Waals surface area contributed by atoms with Crippen molar-refractivity contribution in [3.8, 4) is 5.75 Å². The van der Waals surface area contributed by atoms with Crippen molar-refractivity contribution in [1.82, 2.24) is 0 Å². The van der Waals surface area contributed by atoms with Crippen LogP contribution in [0, 0.1) is 0 Å². The summed E-state index contributed by atoms with van der Waals surface area (Å²) < 4.78 is 5.67. The number of benzene rings is 2. The Morgan fingerprint density at radius 3 is 2.43 bits per heavy atom. The molecule has 0 aliphatic heterocycles. The molecule has 0 heterocycles. The summed E-state index contributed by atoms with van der Waals surface area (Å²) in [5.41, 5.74) is 1.32. The van der Waals surface area contributed by atoms with E-state index in [2.05, 4.69) is 19.1 Å². The van der Waals surface area contributed by atoms with Gasteiger partial charge in [0.15, 0.2) is 0 Å². The van der Waals surface area contributed by atoms with E-state index in [4.69, 9.17) is 4.74 Å². The van der Waals surface area contributed by atoms with Gasteiger partial charge in [0.05, 0.1) is 12.5 Å². The van der Waals surface area contributed by atoms with Gasteiger partial charge in [-0.25, -0.2) is 0 Å². The fraction of sp³-hybridized carbons (Fsp3) is 0.235. The molecule has 4 nitrogen and oxygen atoms in total. The zero-order valence-corrected chi connectivity index (χ0v) is 12.0. The zero-order valence-electron chi connectivity index (χ0n) is 12.0. The van der Waals surface area contributed by atoms with E-state index < -0.39 is 5.97 Å². The lowest BCUT2D eigenvalue weighted by Gasteiger charge is -2.19. The molecular weight excluding hydrogens is 266 g/mol. The van der Waals surface area contributed by atoms with Crippen molar-refractivity contribution in [3.63, 3.8) is 0 Å². The lowest BCUT2D eigenvalue weighted by atomic mass is 10.2. The first-order valence-corrected chi connectivity index (χ1v) is 7.01. The summed E-state index contributed by atoms with van der Waals surface area (Å²) in [7, 11) is 0. The number of ether oxygens (including phenoxy) is 1. The minimum atomic E-state index is -1.22. The van der Waals surface area contributed by atoms with Gasteiger partial charge in [-0.05, 0) is 19.1 Å². The second-order valence-corrected chi connectivity index (χ2v) is 4.84. The quantitative estimate of drug-likeness (QED) is 0.753. The molecular formula is C17H19NO3. The van der Waals surface area contributed by atoms with E-state index in [1.165, 1.54) is 16.5 Å². The Balaban J connectivity index is 1.99. The standard InChI is InChI=1S/C17H19NO3/c1-2-18(12-14-8-4-3-5-9-14)13-21-16-11-7-6-10-15(16)17(19)20/h3-11H,2,12-13H2,1H3,(H,19,20). The number of carbonyl (C=O) groups is 1. The number of aromatic carboxylic acids is 1. The molecule has 1 unspecified atom stereocenters. The zero-order chi connectivity index (χ0) is 15.1. The van der Waals surface area contributed by atoms with Crippen LogP contribution >= 0.6 is 0 Å². The highest BCUT2D eigenvalue weighted by atomic mass is 16.5. The van der Waals surface area contributed by atoms with Crippen LogP contribution in [0.15, 0.2) is 54.6 Å². The fourth-order valence-corrected chi connectivity index (χ4v) is 2.10. The number of nitrogens with one attached hydrogen (secondary N) is 1. The van der Waals surface area contributed by atoms with Gasteiger partial charge in [0.1, 0.15) is 12.3 Å². The molecule has 0 saturated carbocycles. The summed E-state index contributed by atoms with van der Waals surface area (Å²) in [6, 6.07) is 16.7. The summed E-state index contributed by atoms with van der Waals surface area (Å²) >= 11 is 0. The van der Waals surface area contributed by atoms with E-state index in [0.29, 0.717) is 12.5 Å². The molecule has 0 aromatic heterocycles. The number of carboxylic acids is 1. The van der Waals surface area contributed by atoms with Crippen molar-refractivity contribution in [2.24, 2.45) is 0 Å². The SMILES string of the molecule is CC[NH+](COc1ccccc1C(=O)[O-])Cc1ccccc1. The molecule has 4 heteroatoms. The van der Waals surface area contributed by atoms with E-state index in [1.54, 1.807) is 18.2 Å². The molecule has 0 fully saturated rings. The normalized spacial score (nSPS) is 11.9. The molecule has 0 spiro atoms. The van der Waals surface area contributed by atoms with Crippen molar-refractivity contribution >= 4 is 5.97 Å². The number of carboxylic acid groups (broad SMARTS) is 1. The molecule has 0 saturated heterocycles. The van der Waals surface area contributed by atoms with Crippen LogP contribution in [-0.2, 0) is 6.54 Å². The molecule has 0 aliphatic rings. The predicted octanol–water partition coefficient (Wildman–Crippen LogP) is 0.491. The summed E-state index contributed by atoms with van der Waals surface area (Å²) in [5.74, 6) is -0.858. The topological polar surface area (TPSA) is 53.8 Å². The summed E-state index contributed by atoms with van der Waals surface area (Å²) in [6.07, 6.45) is 0. The molecule has 21 heavy (non-hydrogen) atoms. The van der Waals surface area contributed by atoms with E-state index in [9.17, 15) is 9.90 Å². The van der Waals surface area contributed by atoms with Crippen LogP contribution in [0.3, 0.4) is 0 Å². The van der Waals surface area contributed by atoms with E-state index in [0.717, 1.165) is 13.1 Å². The Morgan fingerprint density at radius 1 is 1.10 bits per heavy atom. The monoisotopic (exact) mass is 285 g/mol. The Bertz CT molecular complexity index is 584. The molecule has 110 valence electrons. The summed E-state index contributed by atoms with van der Waals surface area (Å²) in [4.78, 5) is 12.2. The Hall–Kier alpha value is -2.33. The number of hydrogen-bond acceptors (Lipinski definition) is 3. The van der Waals surface area contributed by atoms with Crippen LogP contribution < -0.4 is 14.7 Å². The van der Waals surface area contributed by atoms with Gasteiger partial charge in [0.25, 0.3) is 0 Å². The second kappa shape index (κ2) is 7.45. The first-order chi connectivity index (χ1) is 10.2. The minimum Gasteiger partial charge on any atom is -0.545 e. The highest BCUT2D eigenvalue weighted by molar-refractivity contribution is 5.89. The van der Waals surface area contributed by atoms with Crippen molar-refractivity contribution in [2.45, 2.75) is 13.5 Å². The average molecular weight is 285 g/mol. The molecule has 0 bridgehead atoms. The van der Waals surface area contributed by atoms with Gasteiger partial charge >= 0.3 is 0 Å². The average Bonchev–Trinajstić information content (AvgIpc) is 2.52.